The van der Waals surface area contributed by atoms with Gasteiger partial charge in [0.05, 0.1) is 11.0 Å². The van der Waals surface area contributed by atoms with Crippen LogP contribution < -0.4 is 10.6 Å². The van der Waals surface area contributed by atoms with Crippen molar-refractivity contribution < 1.29 is 29.9 Å². The maximum absolute atomic E-state index is 10.2. The Labute approximate surface area is 90.7 Å². The first-order valence-corrected chi connectivity index (χ1v) is 5.48. The highest BCUT2D eigenvalue weighted by Crippen LogP contribution is 2.19. The molecule has 0 unspecified atom stereocenters. The standard InChI is InChI=1S/C7H8N2O2.H3O4P/c1-5-2-3-6(9(10)11)4-7(5)8;1-5(2,3)4/h2-4H,8H2,1H3;(H3,1,2,3,4). The minimum absolute atomic E-state index is 0.0978. The lowest BCUT2D eigenvalue weighted by molar-refractivity contribution is -0.385. The number of quaternary nitrogens is 1. The Morgan fingerprint density at radius 2 is 1.88 bits per heavy atom. The maximum Gasteiger partial charge on any atom is 0.275 e. The molecule has 0 saturated carbocycles. The summed E-state index contributed by atoms with van der Waals surface area (Å²) < 4.78 is 8.77. The summed E-state index contributed by atoms with van der Waals surface area (Å²) in [6.07, 6.45) is 0. The van der Waals surface area contributed by atoms with Gasteiger partial charge in [0.15, 0.2) is 0 Å². The van der Waals surface area contributed by atoms with E-state index in [2.05, 4.69) is 5.73 Å². The van der Waals surface area contributed by atoms with E-state index in [0.717, 1.165) is 5.56 Å². The van der Waals surface area contributed by atoms with E-state index < -0.39 is 12.7 Å². The molecule has 90 valence electrons. The summed E-state index contributed by atoms with van der Waals surface area (Å²) in [5, 5.41) is 10.2. The van der Waals surface area contributed by atoms with Gasteiger partial charge in [0.2, 0.25) is 0 Å². The number of non-ortho nitro benzene ring substituents is 1. The number of phosphoric acid groups is 1. The van der Waals surface area contributed by atoms with Crippen LogP contribution in [0.3, 0.4) is 0 Å². The molecule has 0 aromatic heterocycles. The Balaban J connectivity index is 0.000000385. The minimum Gasteiger partial charge on any atom is -0.756 e. The van der Waals surface area contributed by atoms with Crippen LogP contribution in [0.25, 0.3) is 0 Å². The molecule has 0 radical (unpaired) electrons. The second kappa shape index (κ2) is 5.69. The number of nitro groups is 1. The summed E-state index contributed by atoms with van der Waals surface area (Å²) in [6, 6.07) is 4.64. The Morgan fingerprint density at radius 1 is 1.44 bits per heavy atom. The molecule has 9 heteroatoms. The quantitative estimate of drug-likeness (QED) is 0.337. The highest BCUT2D eigenvalue weighted by molar-refractivity contribution is 7.43. The molecule has 0 aliphatic heterocycles. The second-order valence-corrected chi connectivity index (χ2v) is 3.84. The van der Waals surface area contributed by atoms with Gasteiger partial charge in [-0.3, -0.25) is 14.7 Å². The third-order valence-electron chi connectivity index (χ3n) is 1.54. The van der Waals surface area contributed by atoms with Gasteiger partial charge < -0.3 is 20.4 Å². The number of aryl methyl sites for hydroxylation is 1. The van der Waals surface area contributed by atoms with Gasteiger partial charge in [0.25, 0.3) is 13.5 Å². The molecule has 0 heterocycles. The summed E-state index contributed by atoms with van der Waals surface area (Å²) in [4.78, 5) is 32.7. The van der Waals surface area contributed by atoms with E-state index in [0.29, 0.717) is 5.69 Å². The minimum atomic E-state index is -4.89. The van der Waals surface area contributed by atoms with Gasteiger partial charge in [-0.05, 0) is 13.0 Å². The third kappa shape index (κ3) is 7.04. The SMILES string of the molecule is Cc1ccc([N+](=O)[O-])cc1[NH3+].O=P([O-])(O)O. The maximum atomic E-state index is 10.2. The van der Waals surface area contributed by atoms with Crippen LogP contribution in [0.2, 0.25) is 0 Å². The van der Waals surface area contributed by atoms with Gasteiger partial charge >= 0.3 is 0 Å². The fraction of sp³-hybridized carbons (Fsp3) is 0.143. The molecular weight excluding hydrogens is 239 g/mol. The number of rotatable bonds is 1. The van der Waals surface area contributed by atoms with Crippen molar-refractivity contribution in [1.29, 1.82) is 0 Å². The van der Waals surface area contributed by atoms with Crippen molar-refractivity contribution in [1.82, 2.24) is 0 Å². The van der Waals surface area contributed by atoms with Gasteiger partial charge in [-0.1, -0.05) is 0 Å². The van der Waals surface area contributed by atoms with Crippen LogP contribution in [0.5, 0.6) is 0 Å². The number of hydrogen-bond donors (Lipinski definition) is 3. The average molecular weight is 250 g/mol. The topological polar surface area (TPSA) is 151 Å². The van der Waals surface area contributed by atoms with Gasteiger partial charge in [-0.25, -0.2) is 0 Å². The molecule has 0 amide bonds. The molecule has 1 rings (SSSR count). The van der Waals surface area contributed by atoms with Gasteiger partial charge in [0.1, 0.15) is 5.69 Å². The average Bonchev–Trinajstić information content (AvgIpc) is 2.06. The van der Waals surface area contributed by atoms with Gasteiger partial charge in [-0.2, -0.15) is 0 Å². The normalized spacial score (nSPS) is 10.3. The van der Waals surface area contributed by atoms with Crippen molar-refractivity contribution >= 4 is 19.2 Å². The molecular formula is C7H11N2O6P. The molecule has 5 N–H and O–H groups in total. The fourth-order valence-corrected chi connectivity index (χ4v) is 0.771. The molecule has 1 aromatic carbocycles. The summed E-state index contributed by atoms with van der Waals surface area (Å²) in [5.74, 6) is 0. The van der Waals surface area contributed by atoms with Crippen molar-refractivity contribution in [3.63, 3.8) is 0 Å². The number of nitrogens with zero attached hydrogens (tertiary/aromatic N) is 1. The molecule has 0 aliphatic rings. The van der Waals surface area contributed by atoms with Crippen LogP contribution in [0.15, 0.2) is 18.2 Å². The monoisotopic (exact) mass is 250 g/mol. The van der Waals surface area contributed by atoms with Crippen LogP contribution in [0, 0.1) is 17.0 Å². The van der Waals surface area contributed by atoms with E-state index >= 15 is 0 Å². The van der Waals surface area contributed by atoms with E-state index in [1.165, 1.54) is 12.1 Å². The summed E-state index contributed by atoms with van der Waals surface area (Å²) in [6.45, 7) is 1.87. The van der Waals surface area contributed by atoms with Crippen LogP contribution >= 0.6 is 7.82 Å². The summed E-state index contributed by atoms with van der Waals surface area (Å²) in [7, 11) is -4.89. The molecule has 1 aromatic rings. The molecule has 0 fully saturated rings. The zero-order valence-electron chi connectivity index (χ0n) is 8.36. The number of benzene rings is 1. The third-order valence-corrected chi connectivity index (χ3v) is 1.54. The van der Waals surface area contributed by atoms with E-state index in [4.69, 9.17) is 19.2 Å². The molecule has 0 atom stereocenters. The highest BCUT2D eigenvalue weighted by atomic mass is 31.2. The number of nitro benzene ring substituents is 1. The number of hydrogen-bond acceptors (Lipinski definition) is 4. The van der Waals surface area contributed by atoms with Crippen LogP contribution in [-0.2, 0) is 4.57 Å². The predicted octanol–water partition coefficient (Wildman–Crippen LogP) is -0.784. The molecule has 0 spiro atoms. The Morgan fingerprint density at radius 3 is 2.19 bits per heavy atom. The van der Waals surface area contributed by atoms with Crippen LogP contribution in [0.4, 0.5) is 11.4 Å². The largest absolute Gasteiger partial charge is 0.756 e. The lowest BCUT2D eigenvalue weighted by Crippen LogP contribution is -2.41. The zero-order chi connectivity index (χ0) is 12.9. The molecule has 0 bridgehead atoms. The van der Waals surface area contributed by atoms with Crippen molar-refractivity contribution in [2.24, 2.45) is 0 Å². The van der Waals surface area contributed by atoms with Crippen molar-refractivity contribution in [2.45, 2.75) is 6.92 Å². The Bertz CT molecular complexity index is 421. The lowest BCUT2D eigenvalue weighted by Gasteiger charge is -2.01. The van der Waals surface area contributed by atoms with Gasteiger partial charge in [-0.15, -0.1) is 0 Å². The first kappa shape index (κ1) is 14.7. The Kier molecular flexibility index (Phi) is 5.22. The molecule has 0 aliphatic carbocycles. The first-order valence-electron chi connectivity index (χ1n) is 3.95. The predicted molar refractivity (Wildman–Crippen MR) is 52.4 cm³/mol. The fourth-order valence-electron chi connectivity index (χ4n) is 0.771. The molecule has 0 saturated heterocycles. The molecule has 16 heavy (non-hydrogen) atoms. The van der Waals surface area contributed by atoms with E-state index in [1.807, 2.05) is 6.92 Å². The smallest absolute Gasteiger partial charge is 0.275 e. The van der Waals surface area contributed by atoms with E-state index in [-0.39, 0.29) is 5.69 Å². The van der Waals surface area contributed by atoms with Crippen LogP contribution in [-0.4, -0.2) is 14.7 Å². The van der Waals surface area contributed by atoms with E-state index in [9.17, 15) is 10.1 Å². The first-order chi connectivity index (χ1) is 7.11. The van der Waals surface area contributed by atoms with Crippen molar-refractivity contribution in [3.8, 4) is 0 Å². The van der Waals surface area contributed by atoms with E-state index in [1.54, 1.807) is 6.07 Å². The molecule has 8 nitrogen and oxygen atoms in total. The van der Waals surface area contributed by atoms with Crippen LogP contribution in [0.1, 0.15) is 5.56 Å². The second-order valence-electron chi connectivity index (χ2n) is 2.86. The lowest BCUT2D eigenvalue weighted by atomic mass is 10.2. The van der Waals surface area contributed by atoms with Crippen molar-refractivity contribution in [3.05, 3.63) is 33.9 Å². The highest BCUT2D eigenvalue weighted by Gasteiger charge is 2.07. The van der Waals surface area contributed by atoms with Gasteiger partial charge in [0, 0.05) is 11.6 Å². The zero-order valence-corrected chi connectivity index (χ0v) is 9.26. The summed E-state index contributed by atoms with van der Waals surface area (Å²) in [5.41, 5.74) is 5.43. The summed E-state index contributed by atoms with van der Waals surface area (Å²) >= 11 is 0. The van der Waals surface area contributed by atoms with Crippen molar-refractivity contribution in [2.75, 3.05) is 0 Å². The Hall–Kier alpha value is -1.31.